The van der Waals surface area contributed by atoms with E-state index < -0.39 is 0 Å². The topological polar surface area (TPSA) is 26.0 Å². The molecule has 1 unspecified atom stereocenters. The van der Waals surface area contributed by atoms with E-state index in [1.54, 1.807) is 11.3 Å². The lowest BCUT2D eigenvalue weighted by Gasteiger charge is -2.01. The molecule has 13 heavy (non-hydrogen) atoms. The first-order valence-electron chi connectivity index (χ1n) is 4.43. The fraction of sp³-hybridized carbons (Fsp3) is 0.273. The molecule has 0 aliphatic carbocycles. The van der Waals surface area contributed by atoms with E-state index in [2.05, 4.69) is 31.2 Å². The Balaban J connectivity index is 2.74. The molecule has 1 aromatic heterocycles. The van der Waals surface area contributed by atoms with Crippen molar-refractivity contribution < 1.29 is 0 Å². The van der Waals surface area contributed by atoms with Crippen LogP contribution in [0.4, 0.5) is 0 Å². The van der Waals surface area contributed by atoms with E-state index in [1.807, 2.05) is 6.92 Å². The van der Waals surface area contributed by atoms with Gasteiger partial charge in [-0.15, -0.1) is 11.3 Å². The summed E-state index contributed by atoms with van der Waals surface area (Å²) in [6.45, 7) is 4.19. The summed E-state index contributed by atoms with van der Waals surface area (Å²) in [5, 5.41) is 1.35. The van der Waals surface area contributed by atoms with Crippen LogP contribution in [0.25, 0.3) is 10.1 Å². The van der Waals surface area contributed by atoms with Crippen LogP contribution < -0.4 is 5.73 Å². The number of benzene rings is 1. The summed E-state index contributed by atoms with van der Waals surface area (Å²) in [5.74, 6) is 0. The molecule has 0 fully saturated rings. The minimum atomic E-state index is 0.150. The molecule has 1 heterocycles. The third-order valence-electron chi connectivity index (χ3n) is 2.29. The average molecular weight is 191 g/mol. The number of thiophene rings is 1. The summed E-state index contributed by atoms with van der Waals surface area (Å²) in [7, 11) is 0. The van der Waals surface area contributed by atoms with Crippen molar-refractivity contribution in [2.45, 2.75) is 19.9 Å². The van der Waals surface area contributed by atoms with Gasteiger partial charge in [-0.3, -0.25) is 0 Å². The highest BCUT2D eigenvalue weighted by Crippen LogP contribution is 2.33. The number of aryl methyl sites for hydroxylation is 1. The quantitative estimate of drug-likeness (QED) is 0.735. The van der Waals surface area contributed by atoms with E-state index >= 15 is 0 Å². The highest BCUT2D eigenvalue weighted by molar-refractivity contribution is 7.19. The molecule has 0 spiro atoms. The fourth-order valence-corrected chi connectivity index (χ4v) is 2.79. The molecule has 0 saturated carbocycles. The van der Waals surface area contributed by atoms with Crippen LogP contribution in [0.3, 0.4) is 0 Å². The van der Waals surface area contributed by atoms with Crippen LogP contribution in [0.1, 0.15) is 23.4 Å². The highest BCUT2D eigenvalue weighted by atomic mass is 32.1. The van der Waals surface area contributed by atoms with Gasteiger partial charge in [-0.25, -0.2) is 0 Å². The molecule has 2 heteroatoms. The number of rotatable bonds is 1. The van der Waals surface area contributed by atoms with Crippen molar-refractivity contribution >= 4 is 21.4 Å². The largest absolute Gasteiger partial charge is 0.323 e. The predicted octanol–water partition coefficient (Wildman–Crippen LogP) is 3.23. The van der Waals surface area contributed by atoms with Gasteiger partial charge in [0.25, 0.3) is 0 Å². The van der Waals surface area contributed by atoms with Crippen LogP contribution in [-0.4, -0.2) is 0 Å². The zero-order valence-electron chi connectivity index (χ0n) is 7.87. The lowest BCUT2D eigenvalue weighted by atomic mass is 10.1. The second-order valence-electron chi connectivity index (χ2n) is 3.38. The van der Waals surface area contributed by atoms with Crippen LogP contribution >= 0.6 is 11.3 Å². The molecule has 1 atom stereocenters. The number of hydrogen-bond acceptors (Lipinski definition) is 2. The molecule has 2 N–H and O–H groups in total. The van der Waals surface area contributed by atoms with Gasteiger partial charge in [0.15, 0.2) is 0 Å². The molecule has 2 rings (SSSR count). The van der Waals surface area contributed by atoms with Gasteiger partial charge >= 0.3 is 0 Å². The monoisotopic (exact) mass is 191 g/mol. The smallest absolute Gasteiger partial charge is 0.0364 e. The molecule has 0 aliphatic rings. The zero-order valence-corrected chi connectivity index (χ0v) is 8.69. The van der Waals surface area contributed by atoms with Crippen molar-refractivity contribution in [2.75, 3.05) is 0 Å². The first kappa shape index (κ1) is 8.73. The van der Waals surface area contributed by atoms with Crippen LogP contribution in [0.2, 0.25) is 0 Å². The van der Waals surface area contributed by atoms with E-state index in [1.165, 1.54) is 20.5 Å². The van der Waals surface area contributed by atoms with Gasteiger partial charge in [-0.1, -0.05) is 18.2 Å². The third kappa shape index (κ3) is 1.36. The molecule has 1 aromatic carbocycles. The van der Waals surface area contributed by atoms with E-state index in [9.17, 15) is 0 Å². The van der Waals surface area contributed by atoms with E-state index in [4.69, 9.17) is 5.73 Å². The zero-order chi connectivity index (χ0) is 9.42. The van der Waals surface area contributed by atoms with Gasteiger partial charge in [-0.05, 0) is 30.9 Å². The van der Waals surface area contributed by atoms with E-state index in [0.717, 1.165) is 0 Å². The molecule has 1 nitrogen and oxygen atoms in total. The Hall–Kier alpha value is -0.860. The average Bonchev–Trinajstić information content (AvgIpc) is 2.45. The molecule has 0 radical (unpaired) electrons. The molecule has 2 aromatic rings. The molecular formula is C11H13NS. The highest BCUT2D eigenvalue weighted by Gasteiger charge is 2.10. The Morgan fingerprint density at radius 1 is 1.31 bits per heavy atom. The molecule has 0 aliphatic heterocycles. The molecule has 0 bridgehead atoms. The Kier molecular flexibility index (Phi) is 2.10. The number of nitrogens with two attached hydrogens (primary N) is 1. The van der Waals surface area contributed by atoms with Gasteiger partial charge in [0.1, 0.15) is 0 Å². The normalized spacial score (nSPS) is 13.5. The third-order valence-corrected chi connectivity index (χ3v) is 3.77. The summed E-state index contributed by atoms with van der Waals surface area (Å²) >= 11 is 1.81. The van der Waals surface area contributed by atoms with Crippen molar-refractivity contribution in [3.8, 4) is 0 Å². The SMILES string of the molecule is Cc1c(C(C)N)sc2ccccc12. The van der Waals surface area contributed by atoms with Gasteiger partial charge < -0.3 is 5.73 Å². The number of hydrogen-bond donors (Lipinski definition) is 1. The lowest BCUT2D eigenvalue weighted by molar-refractivity contribution is 0.832. The molecular weight excluding hydrogens is 178 g/mol. The van der Waals surface area contributed by atoms with Crippen molar-refractivity contribution in [2.24, 2.45) is 5.73 Å². The molecule has 0 amide bonds. The van der Waals surface area contributed by atoms with E-state index in [-0.39, 0.29) is 6.04 Å². The Labute approximate surface area is 82.2 Å². The summed E-state index contributed by atoms with van der Waals surface area (Å²) in [5.41, 5.74) is 7.23. The van der Waals surface area contributed by atoms with Gasteiger partial charge in [0.05, 0.1) is 0 Å². The van der Waals surface area contributed by atoms with Crippen molar-refractivity contribution in [3.63, 3.8) is 0 Å². The van der Waals surface area contributed by atoms with Gasteiger partial charge in [0, 0.05) is 15.6 Å². The lowest BCUT2D eigenvalue weighted by Crippen LogP contribution is -2.03. The molecule has 68 valence electrons. The second kappa shape index (κ2) is 3.13. The van der Waals surface area contributed by atoms with Crippen LogP contribution in [0.5, 0.6) is 0 Å². The van der Waals surface area contributed by atoms with Gasteiger partial charge in [0.2, 0.25) is 0 Å². The summed E-state index contributed by atoms with van der Waals surface area (Å²) in [6, 6.07) is 8.61. The maximum Gasteiger partial charge on any atom is 0.0364 e. The minimum absolute atomic E-state index is 0.150. The Morgan fingerprint density at radius 2 is 2.00 bits per heavy atom. The molecule has 0 saturated heterocycles. The number of fused-ring (bicyclic) bond motifs is 1. The van der Waals surface area contributed by atoms with Crippen LogP contribution in [0.15, 0.2) is 24.3 Å². The van der Waals surface area contributed by atoms with Gasteiger partial charge in [-0.2, -0.15) is 0 Å². The minimum Gasteiger partial charge on any atom is -0.323 e. The maximum atomic E-state index is 5.89. The summed E-state index contributed by atoms with van der Waals surface area (Å²) < 4.78 is 1.34. The van der Waals surface area contributed by atoms with Crippen molar-refractivity contribution in [3.05, 3.63) is 34.7 Å². The Bertz CT molecular complexity index is 429. The first-order chi connectivity index (χ1) is 6.20. The van der Waals surface area contributed by atoms with E-state index in [0.29, 0.717) is 0 Å². The predicted molar refractivity (Wildman–Crippen MR) is 59.2 cm³/mol. The fourth-order valence-electron chi connectivity index (χ4n) is 1.63. The standard InChI is InChI=1S/C11H13NS/c1-7-9-5-3-4-6-10(9)13-11(7)8(2)12/h3-6,8H,12H2,1-2H3. The first-order valence-corrected chi connectivity index (χ1v) is 5.25. The van der Waals surface area contributed by atoms with Crippen molar-refractivity contribution in [1.29, 1.82) is 0 Å². The maximum absolute atomic E-state index is 5.89. The second-order valence-corrected chi connectivity index (χ2v) is 4.46. The summed E-state index contributed by atoms with van der Waals surface area (Å²) in [6.07, 6.45) is 0. The van der Waals surface area contributed by atoms with Crippen LogP contribution in [-0.2, 0) is 0 Å². The summed E-state index contributed by atoms with van der Waals surface area (Å²) in [4.78, 5) is 1.31. The Morgan fingerprint density at radius 3 is 2.62 bits per heavy atom. The van der Waals surface area contributed by atoms with Crippen LogP contribution in [0, 0.1) is 6.92 Å². The van der Waals surface area contributed by atoms with Crippen molar-refractivity contribution in [1.82, 2.24) is 0 Å².